The zero-order chi connectivity index (χ0) is 10.1. The van der Waals surface area contributed by atoms with E-state index in [0.717, 1.165) is 16.3 Å². The van der Waals surface area contributed by atoms with E-state index in [-0.39, 0.29) is 12.5 Å². The van der Waals surface area contributed by atoms with E-state index in [1.165, 1.54) is 0 Å². The molecule has 0 aliphatic carbocycles. The Hall–Kier alpha value is -0.910. The van der Waals surface area contributed by atoms with E-state index in [1.807, 2.05) is 22.9 Å². The lowest BCUT2D eigenvalue weighted by Gasteiger charge is -2.11. The van der Waals surface area contributed by atoms with Gasteiger partial charge >= 0.3 is 0 Å². The number of hydrogen-bond acceptors (Lipinski definition) is 4. The van der Waals surface area contributed by atoms with Crippen molar-refractivity contribution >= 4 is 16.3 Å². The van der Waals surface area contributed by atoms with Gasteiger partial charge in [-0.05, 0) is 6.92 Å². The Balaban J connectivity index is 2.57. The van der Waals surface area contributed by atoms with Gasteiger partial charge in [0.1, 0.15) is 0 Å². The molecule has 1 atom stereocenters. The summed E-state index contributed by atoms with van der Waals surface area (Å²) < 4.78 is 2.01. The number of rotatable bonds is 3. The first-order chi connectivity index (χ1) is 6.77. The molecule has 2 rings (SSSR count). The number of aryl methyl sites for hydroxylation is 1. The predicted molar refractivity (Wildman–Crippen MR) is 56.7 cm³/mol. The molecule has 0 aliphatic rings. The zero-order valence-electron chi connectivity index (χ0n) is 7.97. The highest BCUT2D eigenvalue weighted by Gasteiger charge is 2.17. The van der Waals surface area contributed by atoms with Gasteiger partial charge in [-0.1, -0.05) is 0 Å². The van der Waals surface area contributed by atoms with E-state index in [2.05, 4.69) is 4.98 Å². The summed E-state index contributed by atoms with van der Waals surface area (Å²) in [6.07, 6.45) is 1.97. The number of thiazole rings is 1. The summed E-state index contributed by atoms with van der Waals surface area (Å²) in [5, 5.41) is 11.2. The molecule has 2 aromatic rings. The second-order valence-electron chi connectivity index (χ2n) is 3.25. The second kappa shape index (κ2) is 3.68. The van der Waals surface area contributed by atoms with E-state index < -0.39 is 0 Å². The minimum absolute atomic E-state index is 0.0143. The fourth-order valence-electron chi connectivity index (χ4n) is 1.68. The quantitative estimate of drug-likeness (QED) is 0.787. The van der Waals surface area contributed by atoms with Crippen LogP contribution in [0, 0.1) is 6.92 Å². The fourth-order valence-corrected chi connectivity index (χ4v) is 2.44. The van der Waals surface area contributed by atoms with Crippen molar-refractivity contribution in [3.05, 3.63) is 23.0 Å². The van der Waals surface area contributed by atoms with Gasteiger partial charge in [-0.25, -0.2) is 4.98 Å². The maximum Gasteiger partial charge on any atom is 0.194 e. The molecule has 0 aromatic carbocycles. The summed E-state index contributed by atoms with van der Waals surface area (Å²) in [6, 6.07) is 0. The van der Waals surface area contributed by atoms with E-state index in [4.69, 9.17) is 5.73 Å². The first-order valence-electron chi connectivity index (χ1n) is 4.51. The van der Waals surface area contributed by atoms with Crippen molar-refractivity contribution in [1.82, 2.24) is 9.38 Å². The van der Waals surface area contributed by atoms with Gasteiger partial charge in [0.2, 0.25) is 0 Å². The second-order valence-corrected chi connectivity index (χ2v) is 4.13. The van der Waals surface area contributed by atoms with Crippen LogP contribution in [0.2, 0.25) is 0 Å². The zero-order valence-corrected chi connectivity index (χ0v) is 8.79. The molecule has 0 fully saturated rings. The van der Waals surface area contributed by atoms with Crippen molar-refractivity contribution in [3.63, 3.8) is 0 Å². The number of nitrogens with zero attached hydrogens (tertiary/aromatic N) is 2. The van der Waals surface area contributed by atoms with Gasteiger partial charge in [0.05, 0.1) is 18.0 Å². The third kappa shape index (κ3) is 1.33. The summed E-state index contributed by atoms with van der Waals surface area (Å²) in [5.74, 6) is -0.0143. The molecule has 0 spiro atoms. The predicted octanol–water partition coefficient (Wildman–Crippen LogP) is 0.739. The molecule has 2 aromatic heterocycles. The van der Waals surface area contributed by atoms with Gasteiger partial charge in [-0.2, -0.15) is 0 Å². The van der Waals surface area contributed by atoms with Crippen LogP contribution in [0.1, 0.15) is 17.3 Å². The monoisotopic (exact) mass is 211 g/mol. The lowest BCUT2D eigenvalue weighted by atomic mass is 10.1. The largest absolute Gasteiger partial charge is 0.396 e. The molecule has 0 saturated carbocycles. The van der Waals surface area contributed by atoms with Crippen molar-refractivity contribution < 1.29 is 5.11 Å². The highest BCUT2D eigenvalue weighted by molar-refractivity contribution is 7.15. The number of imidazole rings is 1. The van der Waals surface area contributed by atoms with Gasteiger partial charge in [0.25, 0.3) is 0 Å². The molecule has 1 unspecified atom stereocenters. The van der Waals surface area contributed by atoms with Gasteiger partial charge < -0.3 is 10.8 Å². The molecule has 4 nitrogen and oxygen atoms in total. The highest BCUT2D eigenvalue weighted by atomic mass is 32.1. The first-order valence-corrected chi connectivity index (χ1v) is 5.39. The minimum atomic E-state index is -0.0143. The van der Waals surface area contributed by atoms with Crippen molar-refractivity contribution in [1.29, 1.82) is 0 Å². The first kappa shape index (κ1) is 9.64. The van der Waals surface area contributed by atoms with Gasteiger partial charge in [-0.3, -0.25) is 4.40 Å². The topological polar surface area (TPSA) is 63.5 Å². The Kier molecular flexibility index (Phi) is 2.54. The van der Waals surface area contributed by atoms with Crippen LogP contribution in [0.25, 0.3) is 4.96 Å². The lowest BCUT2D eigenvalue weighted by Crippen LogP contribution is -2.18. The molecule has 2 heterocycles. The summed E-state index contributed by atoms with van der Waals surface area (Å²) >= 11 is 1.59. The van der Waals surface area contributed by atoms with Crippen molar-refractivity contribution in [2.45, 2.75) is 12.8 Å². The minimum Gasteiger partial charge on any atom is -0.396 e. The molecule has 0 amide bonds. The van der Waals surface area contributed by atoms with Crippen molar-refractivity contribution in [3.8, 4) is 0 Å². The van der Waals surface area contributed by atoms with Crippen LogP contribution in [0.5, 0.6) is 0 Å². The molecule has 0 bridgehead atoms. The van der Waals surface area contributed by atoms with Gasteiger partial charge in [0.15, 0.2) is 4.96 Å². The van der Waals surface area contributed by atoms with Crippen LogP contribution in [-0.2, 0) is 0 Å². The van der Waals surface area contributed by atoms with Crippen LogP contribution >= 0.6 is 11.3 Å². The highest BCUT2D eigenvalue weighted by Crippen LogP contribution is 2.23. The van der Waals surface area contributed by atoms with E-state index >= 15 is 0 Å². The molecule has 3 N–H and O–H groups in total. The lowest BCUT2D eigenvalue weighted by molar-refractivity contribution is 0.265. The van der Waals surface area contributed by atoms with E-state index in [0.29, 0.717) is 6.54 Å². The number of aromatic nitrogens is 2. The SMILES string of the molecule is Cc1nc2sccn2c1C(CN)CO. The molecular weight excluding hydrogens is 198 g/mol. The maximum atomic E-state index is 9.20. The van der Waals surface area contributed by atoms with E-state index in [9.17, 15) is 5.11 Å². The number of aliphatic hydroxyl groups is 1. The molecule has 0 aliphatic heterocycles. The Morgan fingerprint density at radius 1 is 1.71 bits per heavy atom. The van der Waals surface area contributed by atoms with Gasteiger partial charge in [-0.15, -0.1) is 11.3 Å². The van der Waals surface area contributed by atoms with Crippen LogP contribution in [0.15, 0.2) is 11.6 Å². The molecule has 5 heteroatoms. The Morgan fingerprint density at radius 2 is 2.50 bits per heavy atom. The maximum absolute atomic E-state index is 9.20. The summed E-state index contributed by atoms with van der Waals surface area (Å²) in [4.78, 5) is 5.37. The van der Waals surface area contributed by atoms with Crippen LogP contribution in [-0.4, -0.2) is 27.6 Å². The number of nitrogens with two attached hydrogens (primary N) is 1. The molecule has 14 heavy (non-hydrogen) atoms. The number of fused-ring (bicyclic) bond motifs is 1. The van der Waals surface area contributed by atoms with Crippen LogP contribution < -0.4 is 5.73 Å². The van der Waals surface area contributed by atoms with Crippen LogP contribution in [0.3, 0.4) is 0 Å². The normalized spacial score (nSPS) is 13.6. The van der Waals surface area contributed by atoms with E-state index in [1.54, 1.807) is 11.3 Å². The fraction of sp³-hybridized carbons (Fsp3) is 0.444. The Bertz CT molecular complexity index is 430. The summed E-state index contributed by atoms with van der Waals surface area (Å²) in [7, 11) is 0. The van der Waals surface area contributed by atoms with Crippen molar-refractivity contribution in [2.75, 3.05) is 13.2 Å². The Labute approximate surface area is 86.0 Å². The molecule has 0 radical (unpaired) electrons. The third-order valence-electron chi connectivity index (χ3n) is 2.37. The van der Waals surface area contributed by atoms with Crippen molar-refractivity contribution in [2.24, 2.45) is 5.73 Å². The number of hydrogen-bond donors (Lipinski definition) is 2. The average Bonchev–Trinajstić information content (AvgIpc) is 2.70. The summed E-state index contributed by atoms with van der Waals surface area (Å²) in [6.45, 7) is 2.47. The Morgan fingerprint density at radius 3 is 3.14 bits per heavy atom. The standard InChI is InChI=1S/C9H13N3OS/c1-6-8(7(4-10)5-13)12-2-3-14-9(12)11-6/h2-3,7,13H,4-5,10H2,1H3. The van der Waals surface area contributed by atoms with Crippen LogP contribution in [0.4, 0.5) is 0 Å². The molecule has 0 saturated heterocycles. The molecular formula is C9H13N3OS. The third-order valence-corrected chi connectivity index (χ3v) is 3.13. The number of aliphatic hydroxyl groups excluding tert-OH is 1. The average molecular weight is 211 g/mol. The van der Waals surface area contributed by atoms with Gasteiger partial charge in [0, 0.05) is 24.0 Å². The molecule has 76 valence electrons. The smallest absolute Gasteiger partial charge is 0.194 e. The summed E-state index contributed by atoms with van der Waals surface area (Å²) in [5.41, 5.74) is 7.60.